The van der Waals surface area contributed by atoms with Gasteiger partial charge in [0, 0.05) is 22.3 Å². The molecule has 0 atom stereocenters. The Balaban J connectivity index is 1.89. The highest BCUT2D eigenvalue weighted by atomic mass is 16.5. The third kappa shape index (κ3) is 9.97. The lowest BCUT2D eigenvalue weighted by molar-refractivity contribution is 0.111. The van der Waals surface area contributed by atoms with Crippen LogP contribution in [0.5, 0.6) is 11.5 Å². The Kier molecular flexibility index (Phi) is 14.0. The fraction of sp³-hybridized carbons (Fsp3) is 0.444. The first-order valence-corrected chi connectivity index (χ1v) is 15.2. The van der Waals surface area contributed by atoms with Crippen molar-refractivity contribution in [2.45, 2.75) is 90.9 Å². The van der Waals surface area contributed by atoms with Crippen LogP contribution in [-0.2, 0) is 0 Å². The maximum Gasteiger partial charge on any atom is 0.150 e. The first-order valence-electron chi connectivity index (χ1n) is 15.2. The number of aldehydes is 2. The summed E-state index contributed by atoms with van der Waals surface area (Å²) in [4.78, 5) is 22.5. The zero-order valence-electron chi connectivity index (χ0n) is 24.5. The summed E-state index contributed by atoms with van der Waals surface area (Å²) in [5.74, 6) is 1.60. The minimum absolute atomic E-state index is 0.643. The molecule has 3 rings (SSSR count). The van der Waals surface area contributed by atoms with E-state index in [1.165, 1.54) is 51.4 Å². The second-order valence-electron chi connectivity index (χ2n) is 10.6. The molecule has 0 bridgehead atoms. The number of hydrogen-bond donors (Lipinski definition) is 0. The fourth-order valence-corrected chi connectivity index (χ4v) is 4.86. The Bertz CT molecular complexity index is 1060. The number of hydrogen-bond acceptors (Lipinski definition) is 4. The van der Waals surface area contributed by atoms with Gasteiger partial charge in [-0.05, 0) is 36.1 Å². The van der Waals surface area contributed by atoms with E-state index < -0.39 is 0 Å². The van der Waals surface area contributed by atoms with Crippen LogP contribution in [0.4, 0.5) is 0 Å². The molecular formula is C36H46O4. The SMILES string of the molecule is CCCCCCCCOc1cc(-c2ccc(C=O)cc2)c(OCCCCCCCC)cc1-c1ccc(C=O)cc1. The summed E-state index contributed by atoms with van der Waals surface area (Å²) < 4.78 is 12.8. The zero-order chi connectivity index (χ0) is 28.4. The minimum atomic E-state index is 0.643. The van der Waals surface area contributed by atoms with Gasteiger partial charge in [0.2, 0.25) is 0 Å². The minimum Gasteiger partial charge on any atom is -0.493 e. The molecule has 3 aromatic carbocycles. The first-order chi connectivity index (χ1) is 19.7. The molecule has 0 fully saturated rings. The van der Waals surface area contributed by atoms with Crippen LogP contribution in [0.15, 0.2) is 60.7 Å². The quantitative estimate of drug-likeness (QED) is 0.105. The van der Waals surface area contributed by atoms with E-state index in [-0.39, 0.29) is 0 Å². The van der Waals surface area contributed by atoms with Crippen LogP contribution in [0.25, 0.3) is 22.3 Å². The van der Waals surface area contributed by atoms with E-state index in [1.807, 2.05) is 48.5 Å². The normalized spacial score (nSPS) is 10.8. The molecule has 0 aromatic heterocycles. The lowest BCUT2D eigenvalue weighted by Crippen LogP contribution is -2.03. The number of unbranched alkanes of at least 4 members (excludes halogenated alkanes) is 10. The van der Waals surface area contributed by atoms with E-state index in [9.17, 15) is 9.59 Å². The number of carbonyl (C=O) groups excluding carboxylic acids is 2. The van der Waals surface area contributed by atoms with Crippen LogP contribution in [0.3, 0.4) is 0 Å². The van der Waals surface area contributed by atoms with Crippen molar-refractivity contribution < 1.29 is 19.1 Å². The molecule has 0 heterocycles. The predicted molar refractivity (Wildman–Crippen MR) is 166 cm³/mol. The Morgan fingerprint density at radius 3 is 1.20 bits per heavy atom. The van der Waals surface area contributed by atoms with E-state index in [4.69, 9.17) is 9.47 Å². The van der Waals surface area contributed by atoms with Crippen molar-refractivity contribution in [1.29, 1.82) is 0 Å². The van der Waals surface area contributed by atoms with Crippen LogP contribution in [-0.4, -0.2) is 25.8 Å². The summed E-state index contributed by atoms with van der Waals surface area (Å²) in [5.41, 5.74) is 5.16. The van der Waals surface area contributed by atoms with Crippen LogP contribution >= 0.6 is 0 Å². The van der Waals surface area contributed by atoms with Crippen molar-refractivity contribution in [3.8, 4) is 33.8 Å². The third-order valence-electron chi connectivity index (χ3n) is 7.31. The highest BCUT2D eigenvalue weighted by Gasteiger charge is 2.16. The summed E-state index contributed by atoms with van der Waals surface area (Å²) in [6.45, 7) is 5.76. The molecule has 4 heteroatoms. The summed E-state index contributed by atoms with van der Waals surface area (Å²) in [7, 11) is 0. The molecule has 0 amide bonds. The molecule has 0 unspecified atom stereocenters. The van der Waals surface area contributed by atoms with Crippen LogP contribution < -0.4 is 9.47 Å². The van der Waals surface area contributed by atoms with E-state index >= 15 is 0 Å². The lowest BCUT2D eigenvalue weighted by atomic mass is 9.96. The van der Waals surface area contributed by atoms with E-state index in [0.717, 1.165) is 72.0 Å². The van der Waals surface area contributed by atoms with Crippen molar-refractivity contribution in [3.63, 3.8) is 0 Å². The highest BCUT2D eigenvalue weighted by molar-refractivity contribution is 5.84. The average molecular weight is 543 g/mol. The van der Waals surface area contributed by atoms with E-state index in [2.05, 4.69) is 26.0 Å². The predicted octanol–water partition coefficient (Wildman–Crippen LogP) is 10.1. The van der Waals surface area contributed by atoms with Gasteiger partial charge in [-0.15, -0.1) is 0 Å². The molecule has 0 N–H and O–H groups in total. The zero-order valence-corrected chi connectivity index (χ0v) is 24.5. The monoisotopic (exact) mass is 542 g/mol. The van der Waals surface area contributed by atoms with Crippen molar-refractivity contribution in [2.24, 2.45) is 0 Å². The fourth-order valence-electron chi connectivity index (χ4n) is 4.86. The number of benzene rings is 3. The summed E-state index contributed by atoms with van der Waals surface area (Å²) in [6.07, 6.45) is 16.1. The van der Waals surface area contributed by atoms with Crippen molar-refractivity contribution in [1.82, 2.24) is 0 Å². The molecule has 0 saturated heterocycles. The van der Waals surface area contributed by atoms with Crippen molar-refractivity contribution >= 4 is 12.6 Å². The van der Waals surface area contributed by atoms with E-state index in [1.54, 1.807) is 0 Å². The second-order valence-corrected chi connectivity index (χ2v) is 10.6. The van der Waals surface area contributed by atoms with Gasteiger partial charge in [-0.25, -0.2) is 0 Å². The molecule has 3 aromatic rings. The highest BCUT2D eigenvalue weighted by Crippen LogP contribution is 2.41. The standard InChI is InChI=1S/C36H46O4/c1-3-5-7-9-11-13-23-39-35-25-34(32-21-17-30(28-38)18-22-32)36(40-24-14-12-10-8-6-4-2)26-33(35)31-19-15-29(27-37)16-20-31/h15-22,25-28H,3-14,23-24H2,1-2H3. The van der Waals surface area contributed by atoms with Gasteiger partial charge in [0.25, 0.3) is 0 Å². The van der Waals surface area contributed by atoms with Crippen LogP contribution in [0, 0.1) is 0 Å². The molecule has 0 aliphatic rings. The molecule has 0 saturated carbocycles. The third-order valence-corrected chi connectivity index (χ3v) is 7.31. The molecule has 0 aliphatic carbocycles. The number of ether oxygens (including phenoxy) is 2. The first kappa shape index (κ1) is 31.1. The van der Waals surface area contributed by atoms with Gasteiger partial charge >= 0.3 is 0 Å². The van der Waals surface area contributed by atoms with Gasteiger partial charge in [-0.2, -0.15) is 0 Å². The topological polar surface area (TPSA) is 52.6 Å². The van der Waals surface area contributed by atoms with E-state index in [0.29, 0.717) is 24.3 Å². The number of carbonyl (C=O) groups is 2. The molecule has 0 aliphatic heterocycles. The lowest BCUT2D eigenvalue weighted by Gasteiger charge is -2.19. The van der Waals surface area contributed by atoms with Gasteiger partial charge in [0.1, 0.15) is 24.1 Å². The maximum absolute atomic E-state index is 11.3. The molecule has 40 heavy (non-hydrogen) atoms. The van der Waals surface area contributed by atoms with Crippen molar-refractivity contribution in [2.75, 3.05) is 13.2 Å². The molecule has 0 radical (unpaired) electrons. The van der Waals surface area contributed by atoms with Crippen LogP contribution in [0.1, 0.15) is 112 Å². The summed E-state index contributed by atoms with van der Waals surface area (Å²) in [6, 6.07) is 19.4. The Hall–Kier alpha value is -3.40. The Morgan fingerprint density at radius 2 is 0.850 bits per heavy atom. The summed E-state index contributed by atoms with van der Waals surface area (Å²) in [5, 5.41) is 0. The van der Waals surface area contributed by atoms with Crippen molar-refractivity contribution in [3.05, 3.63) is 71.8 Å². The molecule has 214 valence electrons. The molecule has 4 nitrogen and oxygen atoms in total. The largest absolute Gasteiger partial charge is 0.493 e. The summed E-state index contributed by atoms with van der Waals surface area (Å²) >= 11 is 0. The van der Waals surface area contributed by atoms with Gasteiger partial charge < -0.3 is 9.47 Å². The maximum atomic E-state index is 11.3. The number of rotatable bonds is 20. The molecule has 0 spiro atoms. The van der Waals surface area contributed by atoms with Gasteiger partial charge in [-0.1, -0.05) is 127 Å². The van der Waals surface area contributed by atoms with Gasteiger partial charge in [-0.3, -0.25) is 9.59 Å². The van der Waals surface area contributed by atoms with Gasteiger partial charge in [0.15, 0.2) is 0 Å². The molecular weight excluding hydrogens is 496 g/mol. The Morgan fingerprint density at radius 1 is 0.500 bits per heavy atom. The van der Waals surface area contributed by atoms with Gasteiger partial charge in [0.05, 0.1) is 13.2 Å². The Labute approximate surface area is 241 Å². The smallest absolute Gasteiger partial charge is 0.150 e. The second kappa shape index (κ2) is 18.0. The van der Waals surface area contributed by atoms with Crippen LogP contribution in [0.2, 0.25) is 0 Å². The average Bonchev–Trinajstić information content (AvgIpc) is 3.00.